The lowest BCUT2D eigenvalue weighted by Gasteiger charge is -2.16. The lowest BCUT2D eigenvalue weighted by atomic mass is 10.1. The highest BCUT2D eigenvalue weighted by Crippen LogP contribution is 2.17. The van der Waals surface area contributed by atoms with E-state index < -0.39 is 23.7 Å². The second-order valence-electron chi connectivity index (χ2n) is 4.18. The van der Waals surface area contributed by atoms with Crippen molar-refractivity contribution in [2.24, 2.45) is 0 Å². The topological polar surface area (TPSA) is 66.4 Å². The Balaban J connectivity index is 2.78. The van der Waals surface area contributed by atoms with Gasteiger partial charge in [0.2, 0.25) is 0 Å². The molecule has 0 heterocycles. The van der Waals surface area contributed by atoms with Crippen molar-refractivity contribution in [1.82, 2.24) is 5.32 Å². The third kappa shape index (κ3) is 4.87. The fourth-order valence-corrected chi connectivity index (χ4v) is 1.97. The minimum atomic E-state index is -0.982. The zero-order valence-corrected chi connectivity index (χ0v) is 11.2. The van der Waals surface area contributed by atoms with Crippen LogP contribution in [0.1, 0.15) is 36.5 Å². The highest BCUT2D eigenvalue weighted by molar-refractivity contribution is 6.33. The Hall–Kier alpha value is -1.62. The Morgan fingerprint density at radius 2 is 2.16 bits per heavy atom. The molecule has 0 aliphatic heterocycles. The van der Waals surface area contributed by atoms with Crippen molar-refractivity contribution in [2.45, 2.75) is 32.2 Å². The van der Waals surface area contributed by atoms with Gasteiger partial charge in [-0.2, -0.15) is 0 Å². The number of amides is 1. The summed E-state index contributed by atoms with van der Waals surface area (Å²) in [7, 11) is 0. The van der Waals surface area contributed by atoms with E-state index in [1.165, 1.54) is 6.07 Å². The van der Waals surface area contributed by atoms with Gasteiger partial charge >= 0.3 is 5.97 Å². The molecule has 19 heavy (non-hydrogen) atoms. The maximum absolute atomic E-state index is 12.9. The first-order chi connectivity index (χ1) is 8.93. The van der Waals surface area contributed by atoms with Crippen LogP contribution in [-0.4, -0.2) is 23.0 Å². The van der Waals surface area contributed by atoms with Gasteiger partial charge in [-0.15, -0.1) is 0 Å². The van der Waals surface area contributed by atoms with E-state index in [2.05, 4.69) is 5.32 Å². The summed E-state index contributed by atoms with van der Waals surface area (Å²) in [5, 5.41) is 11.4. The Morgan fingerprint density at radius 3 is 2.68 bits per heavy atom. The van der Waals surface area contributed by atoms with Crippen molar-refractivity contribution in [2.75, 3.05) is 0 Å². The molecular weight excluding hydrogens is 273 g/mol. The van der Waals surface area contributed by atoms with Crippen molar-refractivity contribution >= 4 is 23.5 Å². The predicted molar refractivity (Wildman–Crippen MR) is 69.8 cm³/mol. The van der Waals surface area contributed by atoms with Crippen LogP contribution in [0.4, 0.5) is 4.39 Å². The molecule has 0 fully saturated rings. The molecule has 6 heteroatoms. The highest BCUT2D eigenvalue weighted by atomic mass is 35.5. The fraction of sp³-hybridized carbons (Fsp3) is 0.385. The lowest BCUT2D eigenvalue weighted by molar-refractivity contribution is -0.137. The molecule has 1 atom stereocenters. The summed E-state index contributed by atoms with van der Waals surface area (Å²) in [4.78, 5) is 22.6. The van der Waals surface area contributed by atoms with Crippen LogP contribution in [0.15, 0.2) is 18.2 Å². The summed E-state index contributed by atoms with van der Waals surface area (Å²) in [5.74, 6) is -2.01. The number of halogens is 2. The van der Waals surface area contributed by atoms with Crippen LogP contribution in [0.25, 0.3) is 0 Å². The molecule has 1 aromatic rings. The second-order valence-corrected chi connectivity index (χ2v) is 4.59. The van der Waals surface area contributed by atoms with Crippen LogP contribution in [-0.2, 0) is 4.79 Å². The van der Waals surface area contributed by atoms with Gasteiger partial charge in [0, 0.05) is 6.04 Å². The first kappa shape index (κ1) is 15.4. The number of carbonyl (C=O) groups is 2. The molecule has 1 amide bonds. The zero-order valence-electron chi connectivity index (χ0n) is 10.5. The third-order valence-corrected chi connectivity index (χ3v) is 2.88. The molecule has 1 unspecified atom stereocenters. The summed E-state index contributed by atoms with van der Waals surface area (Å²) < 4.78 is 12.9. The number of nitrogens with one attached hydrogen (secondary N) is 1. The Morgan fingerprint density at radius 1 is 1.47 bits per heavy atom. The molecule has 0 saturated heterocycles. The van der Waals surface area contributed by atoms with E-state index >= 15 is 0 Å². The van der Waals surface area contributed by atoms with Crippen LogP contribution in [0.2, 0.25) is 5.02 Å². The van der Waals surface area contributed by atoms with Gasteiger partial charge in [-0.3, -0.25) is 9.59 Å². The minimum absolute atomic E-state index is 0.00285. The van der Waals surface area contributed by atoms with Gasteiger partial charge in [-0.05, 0) is 24.6 Å². The molecule has 1 aromatic carbocycles. The van der Waals surface area contributed by atoms with Crippen LogP contribution in [0.3, 0.4) is 0 Å². The van der Waals surface area contributed by atoms with E-state index in [4.69, 9.17) is 16.7 Å². The number of rotatable bonds is 6. The molecule has 1 rings (SSSR count). The number of carboxylic acids is 1. The lowest BCUT2D eigenvalue weighted by Crippen LogP contribution is -2.36. The molecule has 0 saturated carbocycles. The van der Waals surface area contributed by atoms with Crippen molar-refractivity contribution in [3.63, 3.8) is 0 Å². The van der Waals surface area contributed by atoms with E-state index in [9.17, 15) is 14.0 Å². The first-order valence-corrected chi connectivity index (χ1v) is 6.29. The molecule has 0 bridgehead atoms. The standard InChI is InChI=1S/C13H15ClFNO3/c1-2-3-9(7-12(17)18)16-13(19)10-5-4-8(15)6-11(10)14/h4-6,9H,2-3,7H2,1H3,(H,16,19)(H,17,18). The number of carboxylic acid groups (broad SMARTS) is 1. The molecule has 2 N–H and O–H groups in total. The van der Waals surface area contributed by atoms with Crippen LogP contribution in [0, 0.1) is 5.82 Å². The van der Waals surface area contributed by atoms with Gasteiger partial charge in [0.15, 0.2) is 0 Å². The summed E-state index contributed by atoms with van der Waals surface area (Å²) >= 11 is 5.77. The maximum atomic E-state index is 12.9. The van der Waals surface area contributed by atoms with E-state index in [1.807, 2.05) is 6.92 Å². The average Bonchev–Trinajstić information content (AvgIpc) is 2.27. The normalized spacial score (nSPS) is 11.9. The number of carbonyl (C=O) groups excluding carboxylic acids is 1. The van der Waals surface area contributed by atoms with Crippen molar-refractivity contribution in [1.29, 1.82) is 0 Å². The Kier molecular flexibility index (Phi) is 5.76. The maximum Gasteiger partial charge on any atom is 0.305 e. The molecule has 0 radical (unpaired) electrons. The van der Waals surface area contributed by atoms with Gasteiger partial charge in [-0.1, -0.05) is 24.9 Å². The predicted octanol–water partition coefficient (Wildman–Crippen LogP) is 2.85. The molecule has 0 aromatic heterocycles. The molecular formula is C13H15ClFNO3. The Bertz CT molecular complexity index is 479. The van der Waals surface area contributed by atoms with Gasteiger partial charge in [0.1, 0.15) is 5.82 Å². The molecule has 0 aliphatic carbocycles. The highest BCUT2D eigenvalue weighted by Gasteiger charge is 2.18. The van der Waals surface area contributed by atoms with Gasteiger partial charge < -0.3 is 10.4 Å². The van der Waals surface area contributed by atoms with Gasteiger partial charge in [0.05, 0.1) is 17.0 Å². The number of hydrogen-bond acceptors (Lipinski definition) is 2. The SMILES string of the molecule is CCCC(CC(=O)O)NC(=O)c1ccc(F)cc1Cl. The van der Waals surface area contributed by atoms with E-state index in [1.54, 1.807) is 0 Å². The van der Waals surface area contributed by atoms with Gasteiger partial charge in [-0.25, -0.2) is 4.39 Å². The summed E-state index contributed by atoms with van der Waals surface area (Å²) in [6.07, 6.45) is 1.14. The molecule has 0 aliphatic rings. The van der Waals surface area contributed by atoms with Crippen molar-refractivity contribution in [3.8, 4) is 0 Å². The Labute approximate surface area is 115 Å². The number of benzene rings is 1. The summed E-state index contributed by atoms with van der Waals surface area (Å²) in [5.41, 5.74) is 0.134. The number of aliphatic carboxylic acids is 1. The second kappa shape index (κ2) is 7.09. The van der Waals surface area contributed by atoms with Gasteiger partial charge in [0.25, 0.3) is 5.91 Å². The zero-order chi connectivity index (χ0) is 14.4. The summed E-state index contributed by atoms with van der Waals surface area (Å²) in [6.45, 7) is 1.89. The van der Waals surface area contributed by atoms with Crippen LogP contribution >= 0.6 is 11.6 Å². The fourth-order valence-electron chi connectivity index (χ4n) is 1.72. The molecule has 4 nitrogen and oxygen atoms in total. The smallest absolute Gasteiger partial charge is 0.305 e. The summed E-state index contributed by atoms with van der Waals surface area (Å²) in [6, 6.07) is 2.99. The van der Waals surface area contributed by atoms with Crippen LogP contribution in [0.5, 0.6) is 0 Å². The van der Waals surface area contributed by atoms with E-state index in [-0.39, 0.29) is 17.0 Å². The molecule has 104 valence electrons. The van der Waals surface area contributed by atoms with Crippen molar-refractivity contribution in [3.05, 3.63) is 34.6 Å². The quantitative estimate of drug-likeness (QED) is 0.845. The minimum Gasteiger partial charge on any atom is -0.481 e. The molecule has 0 spiro atoms. The van der Waals surface area contributed by atoms with Crippen molar-refractivity contribution < 1.29 is 19.1 Å². The van der Waals surface area contributed by atoms with E-state index in [0.717, 1.165) is 18.6 Å². The third-order valence-electron chi connectivity index (χ3n) is 2.57. The average molecular weight is 288 g/mol. The van der Waals surface area contributed by atoms with Crippen LogP contribution < -0.4 is 5.32 Å². The first-order valence-electron chi connectivity index (χ1n) is 5.91. The largest absolute Gasteiger partial charge is 0.481 e. The monoisotopic (exact) mass is 287 g/mol. The van der Waals surface area contributed by atoms with E-state index in [0.29, 0.717) is 6.42 Å². The number of hydrogen-bond donors (Lipinski definition) is 2.